The molecule has 1 aromatic carbocycles. The summed E-state index contributed by atoms with van der Waals surface area (Å²) in [6, 6.07) is 6.32. The van der Waals surface area contributed by atoms with E-state index in [9.17, 15) is 9.18 Å². The Bertz CT molecular complexity index is 534. The van der Waals surface area contributed by atoms with Gasteiger partial charge in [0.1, 0.15) is 6.61 Å². The zero-order chi connectivity index (χ0) is 16.1. The fourth-order valence-electron chi connectivity index (χ4n) is 3.20. The zero-order valence-electron chi connectivity index (χ0n) is 13.2. The van der Waals surface area contributed by atoms with Crippen molar-refractivity contribution in [2.45, 2.75) is 18.9 Å². The van der Waals surface area contributed by atoms with Crippen LogP contribution in [0.25, 0.3) is 0 Å². The minimum Gasteiger partial charge on any atom is -0.489 e. The first kappa shape index (κ1) is 16.2. The molecule has 0 unspecified atom stereocenters. The Labute approximate surface area is 136 Å². The van der Waals surface area contributed by atoms with Crippen LogP contribution in [-0.4, -0.2) is 67.7 Å². The summed E-state index contributed by atoms with van der Waals surface area (Å²) in [5.74, 6) is 0.106. The largest absolute Gasteiger partial charge is 0.489 e. The Morgan fingerprint density at radius 1 is 1.26 bits per heavy atom. The van der Waals surface area contributed by atoms with Gasteiger partial charge in [-0.3, -0.25) is 9.69 Å². The van der Waals surface area contributed by atoms with Gasteiger partial charge in [0.2, 0.25) is 5.91 Å². The minimum absolute atomic E-state index is 0.0719. The van der Waals surface area contributed by atoms with Crippen LogP contribution in [0.1, 0.15) is 12.8 Å². The molecule has 0 spiro atoms. The van der Waals surface area contributed by atoms with Gasteiger partial charge in [-0.05, 0) is 31.5 Å². The number of morpholine rings is 1. The first-order chi connectivity index (χ1) is 11.3. The highest BCUT2D eigenvalue weighted by Crippen LogP contribution is 2.20. The summed E-state index contributed by atoms with van der Waals surface area (Å²) < 4.78 is 24.3. The Kier molecular flexibility index (Phi) is 5.46. The number of benzene rings is 1. The van der Waals surface area contributed by atoms with Crippen molar-refractivity contribution in [1.82, 2.24) is 9.80 Å². The smallest absolute Gasteiger partial charge is 0.240 e. The molecule has 0 N–H and O–H groups in total. The van der Waals surface area contributed by atoms with Crippen LogP contribution in [-0.2, 0) is 9.53 Å². The summed E-state index contributed by atoms with van der Waals surface area (Å²) in [4.78, 5) is 16.7. The maximum absolute atomic E-state index is 13.5. The maximum Gasteiger partial charge on any atom is 0.240 e. The first-order valence-corrected chi connectivity index (χ1v) is 8.23. The van der Waals surface area contributed by atoms with E-state index in [0.29, 0.717) is 39.5 Å². The van der Waals surface area contributed by atoms with Crippen LogP contribution in [0.4, 0.5) is 4.39 Å². The lowest BCUT2D eigenvalue weighted by molar-refractivity contribution is -0.140. The Morgan fingerprint density at radius 2 is 2.04 bits per heavy atom. The molecule has 23 heavy (non-hydrogen) atoms. The number of likely N-dealkylation sites (tertiary alicyclic amines) is 1. The summed E-state index contributed by atoms with van der Waals surface area (Å²) in [6.45, 7) is 4.50. The molecule has 2 aliphatic rings. The topological polar surface area (TPSA) is 42.0 Å². The second-order valence-corrected chi connectivity index (χ2v) is 5.91. The highest BCUT2D eigenvalue weighted by molar-refractivity contribution is 5.82. The molecule has 0 aliphatic carbocycles. The fourth-order valence-corrected chi connectivity index (χ4v) is 3.20. The predicted octanol–water partition coefficient (Wildman–Crippen LogP) is 1.53. The quantitative estimate of drug-likeness (QED) is 0.824. The highest BCUT2D eigenvalue weighted by Gasteiger charge is 2.33. The van der Waals surface area contributed by atoms with E-state index in [2.05, 4.69) is 4.90 Å². The molecular weight excluding hydrogens is 299 g/mol. The molecule has 126 valence electrons. The van der Waals surface area contributed by atoms with E-state index >= 15 is 0 Å². The van der Waals surface area contributed by atoms with Gasteiger partial charge in [0.15, 0.2) is 11.6 Å². The third kappa shape index (κ3) is 4.00. The monoisotopic (exact) mass is 322 g/mol. The maximum atomic E-state index is 13.5. The third-order valence-corrected chi connectivity index (χ3v) is 4.44. The molecular formula is C17H23FN2O3. The standard InChI is InChI=1S/C17H23FN2O3/c18-14-4-1-2-6-16(14)23-13-10-19-7-3-5-15(19)17(21)20-8-11-22-12-9-20/h1-2,4,6,15H,3,5,7-13H2/t15-/m1/s1. The number of rotatable bonds is 5. The van der Waals surface area contributed by atoms with Crippen molar-refractivity contribution in [2.75, 3.05) is 46.0 Å². The predicted molar refractivity (Wildman–Crippen MR) is 83.9 cm³/mol. The Balaban J connectivity index is 1.50. The van der Waals surface area contributed by atoms with E-state index in [4.69, 9.17) is 9.47 Å². The molecule has 2 fully saturated rings. The van der Waals surface area contributed by atoms with Gasteiger partial charge in [-0.25, -0.2) is 4.39 Å². The molecule has 0 bridgehead atoms. The number of ether oxygens (including phenoxy) is 2. The van der Waals surface area contributed by atoms with Gasteiger partial charge in [0, 0.05) is 19.6 Å². The average Bonchev–Trinajstić information content (AvgIpc) is 3.05. The van der Waals surface area contributed by atoms with Crippen LogP contribution in [0.5, 0.6) is 5.75 Å². The van der Waals surface area contributed by atoms with Crippen molar-refractivity contribution >= 4 is 5.91 Å². The van der Waals surface area contributed by atoms with Crippen molar-refractivity contribution < 1.29 is 18.7 Å². The number of nitrogens with zero attached hydrogens (tertiary/aromatic N) is 2. The van der Waals surface area contributed by atoms with Crippen LogP contribution in [0.3, 0.4) is 0 Å². The summed E-state index contributed by atoms with van der Waals surface area (Å²) in [6.07, 6.45) is 1.90. The van der Waals surface area contributed by atoms with Gasteiger partial charge < -0.3 is 14.4 Å². The van der Waals surface area contributed by atoms with Gasteiger partial charge in [0.05, 0.1) is 19.3 Å². The Morgan fingerprint density at radius 3 is 2.83 bits per heavy atom. The minimum atomic E-state index is -0.352. The molecule has 5 nitrogen and oxygen atoms in total. The molecule has 1 amide bonds. The second kappa shape index (κ2) is 7.75. The molecule has 3 rings (SSSR count). The van der Waals surface area contributed by atoms with E-state index in [-0.39, 0.29) is 23.5 Å². The Hall–Kier alpha value is -1.66. The molecule has 2 heterocycles. The van der Waals surface area contributed by atoms with E-state index in [1.165, 1.54) is 6.07 Å². The molecule has 0 saturated carbocycles. The van der Waals surface area contributed by atoms with Crippen LogP contribution in [0.15, 0.2) is 24.3 Å². The number of para-hydroxylation sites is 1. The second-order valence-electron chi connectivity index (χ2n) is 5.91. The molecule has 6 heteroatoms. The van der Waals surface area contributed by atoms with E-state index in [1.807, 2.05) is 4.90 Å². The third-order valence-electron chi connectivity index (χ3n) is 4.44. The molecule has 2 aliphatic heterocycles. The van der Waals surface area contributed by atoms with E-state index in [0.717, 1.165) is 19.4 Å². The fraction of sp³-hybridized carbons (Fsp3) is 0.588. The normalized spacial score (nSPS) is 22.3. The molecule has 0 radical (unpaired) electrons. The number of halogens is 1. The summed E-state index contributed by atoms with van der Waals surface area (Å²) >= 11 is 0. The summed E-state index contributed by atoms with van der Waals surface area (Å²) in [7, 11) is 0. The van der Waals surface area contributed by atoms with E-state index in [1.54, 1.807) is 18.2 Å². The SMILES string of the molecule is O=C([C@H]1CCCN1CCOc1ccccc1F)N1CCOCC1. The van der Waals surface area contributed by atoms with Crippen molar-refractivity contribution in [3.8, 4) is 5.75 Å². The first-order valence-electron chi connectivity index (χ1n) is 8.23. The van der Waals surface area contributed by atoms with Gasteiger partial charge in [-0.1, -0.05) is 12.1 Å². The van der Waals surface area contributed by atoms with Crippen molar-refractivity contribution in [1.29, 1.82) is 0 Å². The van der Waals surface area contributed by atoms with Gasteiger partial charge in [-0.2, -0.15) is 0 Å². The summed E-state index contributed by atoms with van der Waals surface area (Å²) in [5, 5.41) is 0. The van der Waals surface area contributed by atoms with Gasteiger partial charge in [-0.15, -0.1) is 0 Å². The van der Waals surface area contributed by atoms with Crippen LogP contribution in [0, 0.1) is 5.82 Å². The van der Waals surface area contributed by atoms with Gasteiger partial charge in [0.25, 0.3) is 0 Å². The number of hydrogen-bond donors (Lipinski definition) is 0. The number of carbonyl (C=O) groups excluding carboxylic acids is 1. The molecule has 1 atom stereocenters. The molecule has 2 saturated heterocycles. The zero-order valence-corrected chi connectivity index (χ0v) is 13.2. The van der Waals surface area contributed by atoms with Crippen LogP contribution < -0.4 is 4.74 Å². The lowest BCUT2D eigenvalue weighted by Gasteiger charge is -2.32. The number of carbonyl (C=O) groups is 1. The van der Waals surface area contributed by atoms with Gasteiger partial charge >= 0.3 is 0 Å². The lowest BCUT2D eigenvalue weighted by atomic mass is 10.2. The summed E-state index contributed by atoms with van der Waals surface area (Å²) in [5.41, 5.74) is 0. The average molecular weight is 322 g/mol. The van der Waals surface area contributed by atoms with Crippen molar-refractivity contribution in [3.05, 3.63) is 30.1 Å². The van der Waals surface area contributed by atoms with Crippen molar-refractivity contribution in [2.24, 2.45) is 0 Å². The van der Waals surface area contributed by atoms with Crippen molar-refractivity contribution in [3.63, 3.8) is 0 Å². The van der Waals surface area contributed by atoms with Crippen LogP contribution in [0.2, 0.25) is 0 Å². The molecule has 0 aromatic heterocycles. The number of hydrogen-bond acceptors (Lipinski definition) is 4. The molecule has 1 aromatic rings. The number of amides is 1. The van der Waals surface area contributed by atoms with Crippen LogP contribution >= 0.6 is 0 Å². The van der Waals surface area contributed by atoms with E-state index < -0.39 is 0 Å². The lowest BCUT2D eigenvalue weighted by Crippen LogP contribution is -2.50. The highest BCUT2D eigenvalue weighted by atomic mass is 19.1.